The number of nitrogens with zero attached hydrogens (tertiary/aromatic N) is 2. The summed E-state index contributed by atoms with van der Waals surface area (Å²) in [7, 11) is 1.40. The molecule has 1 fully saturated rings. The van der Waals surface area contributed by atoms with Crippen molar-refractivity contribution in [3.05, 3.63) is 55.1 Å². The minimum Gasteiger partial charge on any atom is -0.444 e. The molecule has 43 heavy (non-hydrogen) atoms. The minimum absolute atomic E-state index is 0.152. The summed E-state index contributed by atoms with van der Waals surface area (Å²) in [4.78, 5) is 78.4. The van der Waals surface area contributed by atoms with Gasteiger partial charge < -0.3 is 30.9 Å². The summed E-state index contributed by atoms with van der Waals surface area (Å²) in [6.07, 6.45) is 2.43. The van der Waals surface area contributed by atoms with E-state index >= 15 is 0 Å². The third kappa shape index (κ3) is 10.6. The average molecular weight is 599 g/mol. The van der Waals surface area contributed by atoms with Gasteiger partial charge in [-0.2, -0.15) is 0 Å². The third-order valence-corrected chi connectivity index (χ3v) is 6.61. The van der Waals surface area contributed by atoms with Crippen LogP contribution in [-0.4, -0.2) is 89.3 Å². The SMILES string of the molecule is C=CC(=O)NC[C@H](NC(=O)[C@H](C)N(C)C(=O)OC(C)(C)C)C(=O)N1CCC[C@H]1C(=O)NCc1cccc(NC(=O)C=C)c1. The first-order valence-electron chi connectivity index (χ1n) is 13.9. The Bertz CT molecular complexity index is 1240. The van der Waals surface area contributed by atoms with Crippen LogP contribution in [0.5, 0.6) is 0 Å². The molecule has 3 atom stereocenters. The molecule has 0 bridgehead atoms. The van der Waals surface area contributed by atoms with E-state index in [4.69, 9.17) is 4.74 Å². The fourth-order valence-corrected chi connectivity index (χ4v) is 4.20. The van der Waals surface area contributed by atoms with Crippen molar-refractivity contribution in [1.29, 1.82) is 0 Å². The third-order valence-electron chi connectivity index (χ3n) is 6.61. The highest BCUT2D eigenvalue weighted by Gasteiger charge is 2.38. The van der Waals surface area contributed by atoms with Crippen LogP contribution in [0.1, 0.15) is 46.1 Å². The van der Waals surface area contributed by atoms with Gasteiger partial charge in [0.1, 0.15) is 23.7 Å². The van der Waals surface area contributed by atoms with E-state index in [1.54, 1.807) is 45.0 Å². The van der Waals surface area contributed by atoms with Crippen molar-refractivity contribution in [3.8, 4) is 0 Å². The van der Waals surface area contributed by atoms with Crippen LogP contribution in [0, 0.1) is 0 Å². The smallest absolute Gasteiger partial charge is 0.410 e. The highest BCUT2D eigenvalue weighted by Crippen LogP contribution is 2.20. The number of rotatable bonds is 12. The summed E-state index contributed by atoms with van der Waals surface area (Å²) < 4.78 is 5.32. The molecule has 0 saturated carbocycles. The molecule has 0 unspecified atom stereocenters. The molecule has 4 N–H and O–H groups in total. The zero-order chi connectivity index (χ0) is 32.3. The number of hydrogen-bond acceptors (Lipinski definition) is 7. The minimum atomic E-state index is -1.22. The monoisotopic (exact) mass is 598 g/mol. The first-order chi connectivity index (χ1) is 20.2. The molecule has 234 valence electrons. The van der Waals surface area contributed by atoms with Crippen LogP contribution in [0.15, 0.2) is 49.6 Å². The van der Waals surface area contributed by atoms with Gasteiger partial charge in [0.15, 0.2) is 0 Å². The van der Waals surface area contributed by atoms with Crippen LogP contribution in [0.3, 0.4) is 0 Å². The Morgan fingerprint density at radius 2 is 1.77 bits per heavy atom. The predicted molar refractivity (Wildman–Crippen MR) is 160 cm³/mol. The van der Waals surface area contributed by atoms with E-state index < -0.39 is 47.5 Å². The van der Waals surface area contributed by atoms with Gasteiger partial charge in [-0.3, -0.25) is 28.9 Å². The van der Waals surface area contributed by atoms with Gasteiger partial charge in [-0.1, -0.05) is 25.3 Å². The Morgan fingerprint density at radius 3 is 2.40 bits per heavy atom. The van der Waals surface area contributed by atoms with E-state index in [0.29, 0.717) is 18.5 Å². The maximum Gasteiger partial charge on any atom is 0.410 e. The summed E-state index contributed by atoms with van der Waals surface area (Å²) in [6, 6.07) is 3.91. The molecule has 1 aromatic rings. The quantitative estimate of drug-likeness (QED) is 0.264. The van der Waals surface area contributed by atoms with Gasteiger partial charge in [0.25, 0.3) is 0 Å². The Hall–Kier alpha value is -4.68. The van der Waals surface area contributed by atoms with E-state index in [-0.39, 0.29) is 31.4 Å². The standard InChI is InChI=1S/C30H42N6O7/c1-8-24(37)31-18-22(34-26(39)19(3)35(7)29(42)43-30(4,5)6)28(41)36-15-11-14-23(36)27(40)32-17-20-12-10-13-21(16-20)33-25(38)9-2/h8-10,12-13,16,19,22-23H,1-2,11,14-15,17-18H2,3-7H3,(H,31,37)(H,32,40)(H,33,38)(H,34,39)/t19-,22-,23-/m0/s1. The normalized spacial score (nSPS) is 15.7. The lowest BCUT2D eigenvalue weighted by Crippen LogP contribution is -2.59. The molecule has 1 aliphatic rings. The van der Waals surface area contributed by atoms with E-state index in [9.17, 15) is 28.8 Å². The van der Waals surface area contributed by atoms with Gasteiger partial charge >= 0.3 is 6.09 Å². The van der Waals surface area contributed by atoms with Crippen molar-refractivity contribution in [1.82, 2.24) is 25.8 Å². The lowest BCUT2D eigenvalue weighted by atomic mass is 10.1. The van der Waals surface area contributed by atoms with Crippen molar-refractivity contribution in [3.63, 3.8) is 0 Å². The van der Waals surface area contributed by atoms with Gasteiger partial charge in [0.05, 0.1) is 0 Å². The van der Waals surface area contributed by atoms with Gasteiger partial charge in [-0.05, 0) is 70.4 Å². The summed E-state index contributed by atoms with van der Waals surface area (Å²) >= 11 is 0. The first-order valence-corrected chi connectivity index (χ1v) is 13.9. The predicted octanol–water partition coefficient (Wildman–Crippen LogP) is 1.46. The summed E-state index contributed by atoms with van der Waals surface area (Å²) in [5, 5.41) is 10.6. The molecule has 1 aliphatic heterocycles. The molecule has 13 heteroatoms. The number of anilines is 1. The second-order valence-electron chi connectivity index (χ2n) is 11.1. The molecule has 13 nitrogen and oxygen atoms in total. The molecular weight excluding hydrogens is 556 g/mol. The average Bonchev–Trinajstić information content (AvgIpc) is 3.46. The van der Waals surface area contributed by atoms with E-state index in [2.05, 4.69) is 34.4 Å². The highest BCUT2D eigenvalue weighted by atomic mass is 16.6. The molecule has 0 radical (unpaired) electrons. The highest BCUT2D eigenvalue weighted by molar-refractivity contribution is 5.99. The molecule has 0 aliphatic carbocycles. The van der Waals surface area contributed by atoms with Crippen molar-refractivity contribution in [2.24, 2.45) is 0 Å². The van der Waals surface area contributed by atoms with Crippen LogP contribution >= 0.6 is 0 Å². The lowest BCUT2D eigenvalue weighted by Gasteiger charge is -2.31. The van der Waals surface area contributed by atoms with Crippen LogP contribution in [0.2, 0.25) is 0 Å². The lowest BCUT2D eigenvalue weighted by molar-refractivity contribution is -0.142. The zero-order valence-corrected chi connectivity index (χ0v) is 25.4. The van der Waals surface area contributed by atoms with Crippen LogP contribution in [0.25, 0.3) is 0 Å². The largest absolute Gasteiger partial charge is 0.444 e. The van der Waals surface area contributed by atoms with Crippen molar-refractivity contribution >= 4 is 41.3 Å². The van der Waals surface area contributed by atoms with Gasteiger partial charge in [0, 0.05) is 32.4 Å². The van der Waals surface area contributed by atoms with Gasteiger partial charge in [-0.15, -0.1) is 0 Å². The Morgan fingerprint density at radius 1 is 1.09 bits per heavy atom. The molecule has 1 saturated heterocycles. The van der Waals surface area contributed by atoms with Crippen LogP contribution in [-0.2, 0) is 35.3 Å². The van der Waals surface area contributed by atoms with Gasteiger partial charge in [-0.25, -0.2) is 4.79 Å². The number of carbonyl (C=O) groups is 6. The maximum atomic E-state index is 13.7. The molecule has 0 spiro atoms. The maximum absolute atomic E-state index is 13.7. The molecular formula is C30H42N6O7. The number of nitrogens with one attached hydrogen (secondary N) is 4. The second kappa shape index (κ2) is 15.5. The molecule has 2 rings (SSSR count). The second-order valence-corrected chi connectivity index (χ2v) is 11.1. The van der Waals surface area contributed by atoms with Crippen LogP contribution < -0.4 is 21.3 Å². The molecule has 1 aromatic carbocycles. The summed E-state index contributed by atoms with van der Waals surface area (Å²) in [5.41, 5.74) is 0.498. The van der Waals surface area contributed by atoms with Crippen molar-refractivity contribution < 1.29 is 33.5 Å². The number of benzene rings is 1. The van der Waals surface area contributed by atoms with Crippen molar-refractivity contribution in [2.75, 3.05) is 25.5 Å². The molecule has 6 amide bonds. The number of hydrogen-bond donors (Lipinski definition) is 4. The van der Waals surface area contributed by atoms with E-state index in [1.165, 1.54) is 18.9 Å². The first kappa shape index (κ1) is 34.5. The fraction of sp³-hybridized carbons (Fsp3) is 0.467. The fourth-order valence-electron chi connectivity index (χ4n) is 4.20. The number of ether oxygens (including phenoxy) is 1. The topological polar surface area (TPSA) is 166 Å². The Kier molecular flexibility index (Phi) is 12.5. The van der Waals surface area contributed by atoms with Crippen LogP contribution in [0.4, 0.5) is 10.5 Å². The Labute approximate surface area is 252 Å². The summed E-state index contributed by atoms with van der Waals surface area (Å²) in [6.45, 7) is 13.6. The zero-order valence-electron chi connectivity index (χ0n) is 25.4. The molecule has 0 aromatic heterocycles. The molecule has 1 heterocycles. The summed E-state index contributed by atoms with van der Waals surface area (Å²) in [5.74, 6) is -2.50. The van der Waals surface area contributed by atoms with E-state index in [0.717, 1.165) is 22.6 Å². The van der Waals surface area contributed by atoms with Gasteiger partial charge in [0.2, 0.25) is 29.5 Å². The van der Waals surface area contributed by atoms with E-state index in [1.807, 2.05) is 0 Å². The number of amides is 6. The Balaban J connectivity index is 2.13. The number of likely N-dealkylation sites (N-methyl/N-ethyl adjacent to an activating group) is 1. The number of carbonyl (C=O) groups excluding carboxylic acids is 6. The van der Waals surface area contributed by atoms with Crippen molar-refractivity contribution in [2.45, 2.75) is 70.8 Å². The number of likely N-dealkylation sites (tertiary alicyclic amines) is 1.